The zero-order valence-corrected chi connectivity index (χ0v) is 20.1. The molecule has 0 N–H and O–H groups in total. The smallest absolute Gasteiger partial charge is 0.289 e. The maximum Gasteiger partial charge on any atom is 0.289 e. The van der Waals surface area contributed by atoms with Gasteiger partial charge in [-0.05, 0) is 44.6 Å². The van der Waals surface area contributed by atoms with E-state index in [1.807, 2.05) is 6.08 Å². The summed E-state index contributed by atoms with van der Waals surface area (Å²) in [7, 11) is 6.26. The molecular formula is C26H30Cl2N2O. The summed E-state index contributed by atoms with van der Waals surface area (Å²) in [6, 6.07) is 17.6. The van der Waals surface area contributed by atoms with E-state index in [0.29, 0.717) is 6.61 Å². The first-order valence-corrected chi connectivity index (χ1v) is 10.2. The standard InChI is InChI=1S/C26H29N2O.2ClH/c1-19-9-11-20(12-10-19)17-23-22-7-5-6-8-25(22)28(4)26-14-13-21(18-24(23)26)29-16-15-27(2)3;;/h5-14,23H,15-17H2,1-4H3;2*1H/q+1;;/p-1. The van der Waals surface area contributed by atoms with Crippen molar-refractivity contribution in [2.45, 2.75) is 19.3 Å². The Labute approximate surface area is 198 Å². The van der Waals surface area contributed by atoms with Crippen molar-refractivity contribution in [2.24, 2.45) is 0 Å². The lowest BCUT2D eigenvalue weighted by Gasteiger charge is -2.31. The predicted molar refractivity (Wildman–Crippen MR) is 127 cm³/mol. The maximum atomic E-state index is 6.00. The quantitative estimate of drug-likeness (QED) is 0.620. The Bertz CT molecular complexity index is 977. The number of fused-ring (bicyclic) bond motifs is 1. The topological polar surface area (TPSA) is 15.7 Å². The number of allylic oxidation sites excluding steroid dienone is 4. The first-order chi connectivity index (χ1) is 14.0. The number of anilines is 1. The van der Waals surface area contributed by atoms with Crippen LogP contribution in [0.3, 0.4) is 0 Å². The summed E-state index contributed by atoms with van der Waals surface area (Å²) in [5, 5.41) is 0. The molecule has 1 atom stereocenters. The third-order valence-corrected chi connectivity index (χ3v) is 5.67. The van der Waals surface area contributed by atoms with E-state index in [-0.39, 0.29) is 30.7 Å². The average Bonchev–Trinajstić information content (AvgIpc) is 2.72. The summed E-state index contributed by atoms with van der Waals surface area (Å²) in [4.78, 5) is 4.40. The Kier molecular flexibility index (Phi) is 8.73. The molecule has 3 nitrogen and oxygen atoms in total. The van der Waals surface area contributed by atoms with Gasteiger partial charge in [-0.3, -0.25) is 4.90 Å². The SMILES string of the molecule is Cc1ccc(CC2C3=C(C=CC(OCCN(C)C)=[C+]3)N(C)c3ccccc32)cc1.Cl.[Cl-]. The second-order valence-corrected chi connectivity index (χ2v) is 8.13. The maximum absolute atomic E-state index is 6.00. The molecule has 1 heterocycles. The van der Waals surface area contributed by atoms with Crippen LogP contribution >= 0.6 is 12.4 Å². The van der Waals surface area contributed by atoms with Crippen LogP contribution in [0.15, 0.2) is 77.7 Å². The second kappa shape index (κ2) is 10.8. The molecule has 0 saturated carbocycles. The average molecular weight is 457 g/mol. The van der Waals surface area contributed by atoms with Crippen LogP contribution in [0.4, 0.5) is 5.69 Å². The van der Waals surface area contributed by atoms with Gasteiger partial charge in [-0.25, -0.2) is 0 Å². The Morgan fingerprint density at radius 3 is 2.45 bits per heavy atom. The third-order valence-electron chi connectivity index (χ3n) is 5.67. The Morgan fingerprint density at radius 1 is 1.03 bits per heavy atom. The molecule has 2 aliphatic rings. The molecule has 2 aromatic carbocycles. The molecule has 2 aromatic rings. The van der Waals surface area contributed by atoms with Crippen molar-refractivity contribution in [3.63, 3.8) is 0 Å². The Balaban J connectivity index is 0.00000171. The fourth-order valence-electron chi connectivity index (χ4n) is 4.01. The van der Waals surface area contributed by atoms with Gasteiger partial charge in [0.15, 0.2) is 11.3 Å². The molecule has 1 aliphatic carbocycles. The number of para-hydroxylation sites is 1. The Morgan fingerprint density at radius 2 is 1.74 bits per heavy atom. The summed E-state index contributed by atoms with van der Waals surface area (Å²) >= 11 is 0. The lowest BCUT2D eigenvalue weighted by molar-refractivity contribution is -0.00000694. The molecule has 31 heavy (non-hydrogen) atoms. The number of rotatable bonds is 6. The van der Waals surface area contributed by atoms with E-state index < -0.39 is 0 Å². The molecule has 0 amide bonds. The molecule has 0 bridgehead atoms. The molecule has 1 unspecified atom stereocenters. The van der Waals surface area contributed by atoms with Gasteiger partial charge in [0, 0.05) is 13.6 Å². The highest BCUT2D eigenvalue weighted by molar-refractivity contribution is 5.85. The van der Waals surface area contributed by atoms with Crippen LogP contribution in [0, 0.1) is 13.0 Å². The van der Waals surface area contributed by atoms with Gasteiger partial charge >= 0.3 is 0 Å². The lowest BCUT2D eigenvalue weighted by atomic mass is 9.79. The Hall–Kier alpha value is -2.29. The van der Waals surface area contributed by atoms with Crippen molar-refractivity contribution in [2.75, 3.05) is 39.2 Å². The minimum Gasteiger partial charge on any atom is -1.00 e. The number of benzene rings is 2. The van der Waals surface area contributed by atoms with Crippen LogP contribution in [0.25, 0.3) is 0 Å². The van der Waals surface area contributed by atoms with Gasteiger partial charge in [-0.2, -0.15) is 0 Å². The lowest BCUT2D eigenvalue weighted by Crippen LogP contribution is -3.00. The van der Waals surface area contributed by atoms with Crippen LogP contribution in [0.2, 0.25) is 0 Å². The number of aryl methyl sites for hydroxylation is 1. The van der Waals surface area contributed by atoms with E-state index >= 15 is 0 Å². The first kappa shape index (κ1) is 25.0. The number of nitrogens with zero attached hydrogens (tertiary/aromatic N) is 2. The van der Waals surface area contributed by atoms with E-state index in [1.54, 1.807) is 0 Å². The summed E-state index contributed by atoms with van der Waals surface area (Å²) in [5.41, 5.74) is 7.69. The summed E-state index contributed by atoms with van der Waals surface area (Å²) in [6.45, 7) is 3.69. The number of ether oxygens (including phenoxy) is 1. The van der Waals surface area contributed by atoms with Crippen LogP contribution in [-0.4, -0.2) is 39.2 Å². The van der Waals surface area contributed by atoms with Crippen LogP contribution in [0.5, 0.6) is 0 Å². The second-order valence-electron chi connectivity index (χ2n) is 8.13. The highest BCUT2D eigenvalue weighted by Gasteiger charge is 2.37. The van der Waals surface area contributed by atoms with Gasteiger partial charge in [-0.1, -0.05) is 48.0 Å². The first-order valence-electron chi connectivity index (χ1n) is 10.2. The number of hydrogen-bond acceptors (Lipinski definition) is 3. The van der Waals surface area contributed by atoms with Gasteiger partial charge in [0.1, 0.15) is 6.61 Å². The molecule has 0 spiro atoms. The van der Waals surface area contributed by atoms with Crippen molar-refractivity contribution in [1.82, 2.24) is 4.90 Å². The van der Waals surface area contributed by atoms with Crippen molar-refractivity contribution in [3.05, 3.63) is 100 Å². The normalized spacial score (nSPS) is 16.5. The van der Waals surface area contributed by atoms with Gasteiger partial charge in [0.2, 0.25) is 0 Å². The molecule has 4 rings (SSSR count). The minimum absolute atomic E-state index is 0. The molecule has 1 aliphatic heterocycles. The zero-order chi connectivity index (χ0) is 20.4. The van der Waals surface area contributed by atoms with Crippen molar-refractivity contribution >= 4 is 18.1 Å². The molecule has 0 radical (unpaired) electrons. The van der Waals surface area contributed by atoms with Crippen molar-refractivity contribution in [1.29, 1.82) is 0 Å². The van der Waals surface area contributed by atoms with Gasteiger partial charge in [-0.15, -0.1) is 12.4 Å². The van der Waals surface area contributed by atoms with E-state index in [2.05, 4.69) is 98.5 Å². The molecule has 0 saturated heterocycles. The fourth-order valence-corrected chi connectivity index (χ4v) is 4.01. The largest absolute Gasteiger partial charge is 1.00 e. The van der Waals surface area contributed by atoms with Crippen LogP contribution < -0.4 is 17.3 Å². The summed E-state index contributed by atoms with van der Waals surface area (Å²) < 4.78 is 6.00. The number of likely N-dealkylation sites (N-methyl/N-ethyl adjacent to an activating group) is 2. The fraction of sp³-hybridized carbons (Fsp3) is 0.308. The van der Waals surface area contributed by atoms with Gasteiger partial charge in [0.05, 0.1) is 29.8 Å². The monoisotopic (exact) mass is 456 g/mol. The molecule has 164 valence electrons. The number of halogens is 2. The van der Waals surface area contributed by atoms with Crippen molar-refractivity contribution in [3.8, 4) is 0 Å². The van der Waals surface area contributed by atoms with E-state index in [1.165, 1.54) is 33.6 Å². The van der Waals surface area contributed by atoms with Gasteiger partial charge < -0.3 is 22.0 Å². The highest BCUT2D eigenvalue weighted by Crippen LogP contribution is 2.44. The van der Waals surface area contributed by atoms with Crippen LogP contribution in [0.1, 0.15) is 22.6 Å². The summed E-state index contributed by atoms with van der Waals surface area (Å²) in [5.74, 6) is 1.09. The van der Waals surface area contributed by atoms with E-state index in [9.17, 15) is 0 Å². The molecule has 5 heteroatoms. The number of hydrogen-bond donors (Lipinski definition) is 0. The minimum atomic E-state index is 0. The molecule has 0 fully saturated rings. The zero-order valence-electron chi connectivity index (χ0n) is 18.6. The van der Waals surface area contributed by atoms with E-state index in [4.69, 9.17) is 4.74 Å². The highest BCUT2D eigenvalue weighted by atomic mass is 35.5. The van der Waals surface area contributed by atoms with Gasteiger partial charge in [0.25, 0.3) is 5.76 Å². The predicted octanol–water partition coefficient (Wildman–Crippen LogP) is 2.29. The molecular weight excluding hydrogens is 427 g/mol. The molecule has 0 aromatic heterocycles. The third kappa shape index (κ3) is 5.50. The van der Waals surface area contributed by atoms with Crippen LogP contribution in [-0.2, 0) is 11.2 Å². The van der Waals surface area contributed by atoms with E-state index in [0.717, 1.165) is 18.7 Å². The summed E-state index contributed by atoms with van der Waals surface area (Å²) in [6.07, 6.45) is 8.78. The van der Waals surface area contributed by atoms with Crippen molar-refractivity contribution < 1.29 is 17.1 Å².